The van der Waals surface area contributed by atoms with Crippen molar-refractivity contribution in [1.82, 2.24) is 10.3 Å². The van der Waals surface area contributed by atoms with E-state index in [0.29, 0.717) is 19.1 Å². The molecule has 2 atom stereocenters. The second-order valence-electron chi connectivity index (χ2n) is 5.36. The molecular weight excluding hydrogens is 252 g/mol. The third-order valence-electron chi connectivity index (χ3n) is 3.77. The number of rotatable bonds is 6. The number of nitrogens with zero attached hydrogens (tertiary/aromatic N) is 1. The maximum Gasteiger partial charge on any atom is 0.307 e. The summed E-state index contributed by atoms with van der Waals surface area (Å²) in [4.78, 5) is 15.9. The van der Waals surface area contributed by atoms with Gasteiger partial charge in [-0.05, 0) is 44.7 Å². The Kier molecular flexibility index (Phi) is 5.99. The van der Waals surface area contributed by atoms with E-state index in [1.165, 1.54) is 12.8 Å². The highest BCUT2D eigenvalue weighted by Crippen LogP contribution is 2.18. The fourth-order valence-electron chi connectivity index (χ4n) is 2.79. The van der Waals surface area contributed by atoms with Crippen molar-refractivity contribution in [2.45, 2.75) is 57.5 Å². The first-order valence-electron chi connectivity index (χ1n) is 7.59. The van der Waals surface area contributed by atoms with E-state index < -0.39 is 0 Å². The zero-order valence-electron chi connectivity index (χ0n) is 12.2. The summed E-state index contributed by atoms with van der Waals surface area (Å²) in [7, 11) is 0. The zero-order valence-corrected chi connectivity index (χ0v) is 12.2. The second-order valence-corrected chi connectivity index (χ2v) is 5.36. The van der Waals surface area contributed by atoms with E-state index in [-0.39, 0.29) is 12.0 Å². The van der Waals surface area contributed by atoms with Gasteiger partial charge in [0.2, 0.25) is 0 Å². The lowest BCUT2D eigenvalue weighted by molar-refractivity contribution is -0.143. The van der Waals surface area contributed by atoms with Crippen molar-refractivity contribution in [2.75, 3.05) is 6.61 Å². The lowest BCUT2D eigenvalue weighted by Crippen LogP contribution is -2.43. The highest BCUT2D eigenvalue weighted by molar-refractivity contribution is 5.70. The molecule has 0 saturated carbocycles. The molecule has 20 heavy (non-hydrogen) atoms. The van der Waals surface area contributed by atoms with Gasteiger partial charge in [0.1, 0.15) is 0 Å². The van der Waals surface area contributed by atoms with Crippen LogP contribution in [0.2, 0.25) is 0 Å². The molecule has 0 amide bonds. The lowest BCUT2D eigenvalue weighted by atomic mass is 9.93. The van der Waals surface area contributed by atoms with Gasteiger partial charge >= 0.3 is 5.97 Å². The summed E-state index contributed by atoms with van der Waals surface area (Å²) in [5.41, 5.74) is 1.14. The number of hydrogen-bond acceptors (Lipinski definition) is 4. The number of esters is 1. The molecule has 1 fully saturated rings. The topological polar surface area (TPSA) is 51.2 Å². The summed E-state index contributed by atoms with van der Waals surface area (Å²) in [5.74, 6) is -0.0876. The quantitative estimate of drug-likeness (QED) is 0.811. The third-order valence-corrected chi connectivity index (χ3v) is 3.77. The van der Waals surface area contributed by atoms with Gasteiger partial charge in [-0.15, -0.1) is 0 Å². The van der Waals surface area contributed by atoms with Crippen LogP contribution in [0.4, 0.5) is 0 Å². The van der Waals surface area contributed by atoms with E-state index in [1.54, 1.807) is 0 Å². The first kappa shape index (κ1) is 15.0. The molecule has 0 aromatic carbocycles. The summed E-state index contributed by atoms with van der Waals surface area (Å²) in [6.45, 7) is 2.32. The van der Waals surface area contributed by atoms with Gasteiger partial charge in [-0.25, -0.2) is 0 Å². The molecule has 4 heteroatoms. The van der Waals surface area contributed by atoms with E-state index in [9.17, 15) is 4.79 Å². The van der Waals surface area contributed by atoms with Gasteiger partial charge in [0.25, 0.3) is 0 Å². The molecule has 1 aliphatic rings. The molecule has 0 spiro atoms. The number of aromatic nitrogens is 1. The molecule has 1 saturated heterocycles. The van der Waals surface area contributed by atoms with Crippen molar-refractivity contribution in [3.05, 3.63) is 30.1 Å². The van der Waals surface area contributed by atoms with E-state index in [1.807, 2.05) is 25.3 Å². The van der Waals surface area contributed by atoms with Gasteiger partial charge in [-0.2, -0.15) is 0 Å². The molecule has 1 aromatic heterocycles. The fourth-order valence-corrected chi connectivity index (χ4v) is 2.79. The van der Waals surface area contributed by atoms with E-state index in [0.717, 1.165) is 25.0 Å². The third kappa shape index (κ3) is 4.93. The van der Waals surface area contributed by atoms with E-state index in [2.05, 4.69) is 16.4 Å². The minimum absolute atomic E-state index is 0.0876. The molecule has 110 valence electrons. The average Bonchev–Trinajstić information content (AvgIpc) is 2.47. The predicted octanol–water partition coefficient (Wildman–Crippen LogP) is 2.48. The van der Waals surface area contributed by atoms with Gasteiger partial charge in [-0.3, -0.25) is 9.78 Å². The Labute approximate surface area is 120 Å². The molecule has 1 aromatic rings. The Bertz CT molecular complexity index is 408. The lowest BCUT2D eigenvalue weighted by Gasteiger charge is -2.30. The first-order chi connectivity index (χ1) is 9.78. The van der Waals surface area contributed by atoms with Crippen molar-refractivity contribution in [3.63, 3.8) is 0 Å². The van der Waals surface area contributed by atoms with Crippen LogP contribution in [0, 0.1) is 0 Å². The van der Waals surface area contributed by atoms with Gasteiger partial charge < -0.3 is 10.1 Å². The maximum absolute atomic E-state index is 11.5. The fraction of sp³-hybridized carbons (Fsp3) is 0.625. The van der Waals surface area contributed by atoms with Crippen LogP contribution in [-0.2, 0) is 16.0 Å². The van der Waals surface area contributed by atoms with Crippen LogP contribution < -0.4 is 5.32 Å². The Morgan fingerprint density at radius 2 is 2.25 bits per heavy atom. The standard InChI is InChI=1S/C16H24N2O2/c1-2-20-16(19)12-15-8-5-7-14(18-15)10-9-13-6-3-4-11-17-13/h3-4,6,11,14-15,18H,2,5,7-10,12H2,1H3. The number of nitrogens with one attached hydrogen (secondary N) is 1. The molecule has 2 unspecified atom stereocenters. The molecule has 2 heterocycles. The molecule has 0 bridgehead atoms. The summed E-state index contributed by atoms with van der Waals surface area (Å²) in [5, 5.41) is 3.58. The number of hydrogen-bond donors (Lipinski definition) is 1. The number of aryl methyl sites for hydroxylation is 1. The molecule has 0 aliphatic carbocycles. The Balaban J connectivity index is 1.74. The molecule has 2 rings (SSSR count). The Morgan fingerprint density at radius 3 is 3.00 bits per heavy atom. The maximum atomic E-state index is 11.5. The van der Waals surface area contributed by atoms with Crippen LogP contribution in [0.5, 0.6) is 0 Å². The highest BCUT2D eigenvalue weighted by atomic mass is 16.5. The van der Waals surface area contributed by atoms with Crippen molar-refractivity contribution < 1.29 is 9.53 Å². The summed E-state index contributed by atoms with van der Waals surface area (Å²) in [6.07, 6.45) is 7.84. The summed E-state index contributed by atoms with van der Waals surface area (Å²) in [6, 6.07) is 6.80. The molecular formula is C16H24N2O2. The average molecular weight is 276 g/mol. The van der Waals surface area contributed by atoms with Crippen LogP contribution in [0.1, 0.15) is 44.7 Å². The van der Waals surface area contributed by atoms with Gasteiger partial charge in [-0.1, -0.05) is 12.5 Å². The number of carbonyl (C=O) groups is 1. The first-order valence-corrected chi connectivity index (χ1v) is 7.59. The van der Waals surface area contributed by atoms with Crippen molar-refractivity contribution in [2.24, 2.45) is 0 Å². The molecule has 0 radical (unpaired) electrons. The highest BCUT2D eigenvalue weighted by Gasteiger charge is 2.23. The van der Waals surface area contributed by atoms with Crippen LogP contribution in [0.3, 0.4) is 0 Å². The van der Waals surface area contributed by atoms with Crippen LogP contribution in [-0.4, -0.2) is 29.6 Å². The van der Waals surface area contributed by atoms with Crippen molar-refractivity contribution >= 4 is 5.97 Å². The van der Waals surface area contributed by atoms with Gasteiger partial charge in [0.05, 0.1) is 13.0 Å². The number of carbonyl (C=O) groups excluding carboxylic acids is 1. The zero-order chi connectivity index (χ0) is 14.2. The SMILES string of the molecule is CCOC(=O)CC1CCCC(CCc2ccccn2)N1. The predicted molar refractivity (Wildman–Crippen MR) is 78.4 cm³/mol. The van der Waals surface area contributed by atoms with Crippen LogP contribution in [0.15, 0.2) is 24.4 Å². The Hall–Kier alpha value is -1.42. The minimum Gasteiger partial charge on any atom is -0.466 e. The minimum atomic E-state index is -0.0876. The van der Waals surface area contributed by atoms with Crippen molar-refractivity contribution in [1.29, 1.82) is 0 Å². The summed E-state index contributed by atoms with van der Waals surface area (Å²) < 4.78 is 5.02. The van der Waals surface area contributed by atoms with Crippen LogP contribution >= 0.6 is 0 Å². The smallest absolute Gasteiger partial charge is 0.307 e. The number of ether oxygens (including phenoxy) is 1. The van der Waals surface area contributed by atoms with Gasteiger partial charge in [0.15, 0.2) is 0 Å². The van der Waals surface area contributed by atoms with E-state index in [4.69, 9.17) is 4.74 Å². The number of piperidine rings is 1. The molecule has 1 aliphatic heterocycles. The van der Waals surface area contributed by atoms with Gasteiger partial charge in [0, 0.05) is 24.0 Å². The number of pyridine rings is 1. The normalized spacial score (nSPS) is 22.4. The Morgan fingerprint density at radius 1 is 1.40 bits per heavy atom. The monoisotopic (exact) mass is 276 g/mol. The molecule has 4 nitrogen and oxygen atoms in total. The largest absolute Gasteiger partial charge is 0.466 e. The summed E-state index contributed by atoms with van der Waals surface area (Å²) >= 11 is 0. The van der Waals surface area contributed by atoms with Crippen molar-refractivity contribution in [3.8, 4) is 0 Å². The second kappa shape index (κ2) is 8.00. The molecule has 1 N–H and O–H groups in total. The van der Waals surface area contributed by atoms with E-state index >= 15 is 0 Å². The van der Waals surface area contributed by atoms with Crippen LogP contribution in [0.25, 0.3) is 0 Å².